The third-order valence-electron chi connectivity index (χ3n) is 3.91. The molecule has 0 bridgehead atoms. The second-order valence-corrected chi connectivity index (χ2v) is 8.70. The molecule has 0 spiro atoms. The van der Waals surface area contributed by atoms with Gasteiger partial charge in [0.2, 0.25) is 0 Å². The van der Waals surface area contributed by atoms with Gasteiger partial charge in [0, 0.05) is 11.3 Å². The van der Waals surface area contributed by atoms with E-state index < -0.39 is 20.8 Å². The van der Waals surface area contributed by atoms with Crippen molar-refractivity contribution in [2.24, 2.45) is 5.41 Å². The molecule has 3 rings (SSSR count). The Morgan fingerprint density at radius 3 is 2.45 bits per heavy atom. The zero-order chi connectivity index (χ0) is 14.4. The van der Waals surface area contributed by atoms with Crippen LogP contribution in [-0.2, 0) is 20.8 Å². The molecule has 2 aliphatic rings. The number of halogens is 2. The summed E-state index contributed by atoms with van der Waals surface area (Å²) in [5.74, 6) is 0.482. The molecule has 0 nitrogen and oxygen atoms in total. The first-order chi connectivity index (χ1) is 9.77. The maximum atomic E-state index is 4.93. The summed E-state index contributed by atoms with van der Waals surface area (Å²) in [6, 6.07) is 8.70. The molecule has 0 saturated carbocycles. The van der Waals surface area contributed by atoms with Crippen LogP contribution in [0.3, 0.4) is 0 Å². The molecule has 1 atom stereocenters. The van der Waals surface area contributed by atoms with Crippen LogP contribution in [0.25, 0.3) is 6.08 Å². The molecule has 20 heavy (non-hydrogen) atoms. The van der Waals surface area contributed by atoms with Crippen LogP contribution in [0.15, 0.2) is 54.6 Å². The molecule has 1 aromatic carbocycles. The standard InChI is InChI=1S/C17H17.2ClH.Zr/c1-2-11-17(12-5-6-13-17)16-10-9-14-7-3-4-8-15(14)16;;;/h3-10,12-13,16H,1-2,11H2;2*1H;/q-1;;;+2/p-2. The van der Waals surface area contributed by atoms with Crippen molar-refractivity contribution in [3.05, 3.63) is 72.7 Å². The SMILES string of the molecule is [CH2-]CCC1(C2C=Cc3ccccc32)C=CC=C1.[Cl][Zr][Cl]. The van der Waals surface area contributed by atoms with Crippen LogP contribution in [0.4, 0.5) is 0 Å². The van der Waals surface area contributed by atoms with Crippen molar-refractivity contribution in [1.29, 1.82) is 0 Å². The van der Waals surface area contributed by atoms with Crippen LogP contribution in [0.1, 0.15) is 29.9 Å². The third kappa shape index (κ3) is 3.38. The monoisotopic (exact) mass is 381 g/mol. The predicted octanol–water partition coefficient (Wildman–Crippen LogP) is 5.90. The Morgan fingerprint density at radius 1 is 1.15 bits per heavy atom. The van der Waals surface area contributed by atoms with Crippen LogP contribution in [0, 0.1) is 12.3 Å². The van der Waals surface area contributed by atoms with Gasteiger partial charge in [0.1, 0.15) is 0 Å². The van der Waals surface area contributed by atoms with Gasteiger partial charge >= 0.3 is 37.9 Å². The summed E-state index contributed by atoms with van der Waals surface area (Å²) in [4.78, 5) is 0. The Labute approximate surface area is 140 Å². The number of rotatable bonds is 3. The number of fused-ring (bicyclic) bond motifs is 1. The van der Waals surface area contributed by atoms with Gasteiger partial charge < -0.3 is 6.92 Å². The van der Waals surface area contributed by atoms with Crippen molar-refractivity contribution in [3.63, 3.8) is 0 Å². The van der Waals surface area contributed by atoms with E-state index in [2.05, 4.69) is 67.6 Å². The summed E-state index contributed by atoms with van der Waals surface area (Å²) in [5, 5.41) is 0. The average Bonchev–Trinajstić information content (AvgIpc) is 3.07. The summed E-state index contributed by atoms with van der Waals surface area (Å²) in [6.07, 6.45) is 15.7. The normalized spacial score (nSPS) is 20.4. The van der Waals surface area contributed by atoms with Crippen molar-refractivity contribution in [3.8, 4) is 0 Å². The fourth-order valence-electron chi connectivity index (χ4n) is 3.08. The van der Waals surface area contributed by atoms with E-state index in [1.807, 2.05) is 0 Å². The average molecular weight is 383 g/mol. The Bertz CT molecular complexity index is 520. The molecule has 0 N–H and O–H groups in total. The summed E-state index contributed by atoms with van der Waals surface area (Å²) in [7, 11) is 9.87. The van der Waals surface area contributed by atoms with Gasteiger partial charge in [-0.25, -0.2) is 0 Å². The summed E-state index contributed by atoms with van der Waals surface area (Å²) in [6.45, 7) is 4.03. The van der Waals surface area contributed by atoms with Crippen molar-refractivity contribution < 1.29 is 20.8 Å². The first-order valence-corrected chi connectivity index (χ1v) is 13.0. The topological polar surface area (TPSA) is 0 Å². The molecule has 1 aromatic rings. The second kappa shape index (κ2) is 7.78. The summed E-state index contributed by atoms with van der Waals surface area (Å²) >= 11 is -0.826. The van der Waals surface area contributed by atoms with E-state index in [-0.39, 0.29) is 5.41 Å². The molecule has 0 fully saturated rings. The molecule has 0 aliphatic heterocycles. The van der Waals surface area contributed by atoms with Crippen molar-refractivity contribution in [1.82, 2.24) is 0 Å². The maximum absolute atomic E-state index is 4.93. The second-order valence-electron chi connectivity index (χ2n) is 4.97. The molecule has 1 unspecified atom stereocenters. The van der Waals surface area contributed by atoms with Gasteiger partial charge in [-0.2, -0.15) is 6.42 Å². The van der Waals surface area contributed by atoms with Crippen LogP contribution < -0.4 is 0 Å². The van der Waals surface area contributed by atoms with E-state index in [9.17, 15) is 0 Å². The molecule has 3 heteroatoms. The molecule has 2 aliphatic carbocycles. The Hall–Kier alpha value is -0.0969. The van der Waals surface area contributed by atoms with E-state index in [0.29, 0.717) is 5.92 Å². The Balaban J connectivity index is 0.000000452. The quantitative estimate of drug-likeness (QED) is 0.570. The molecule has 0 saturated heterocycles. The van der Waals surface area contributed by atoms with Crippen molar-refractivity contribution in [2.45, 2.75) is 18.8 Å². The molecular weight excluding hydrogens is 366 g/mol. The first-order valence-electron chi connectivity index (χ1n) is 6.67. The third-order valence-corrected chi connectivity index (χ3v) is 3.91. The van der Waals surface area contributed by atoms with Crippen LogP contribution in [0.2, 0.25) is 0 Å². The Morgan fingerprint density at radius 2 is 1.80 bits per heavy atom. The van der Waals surface area contributed by atoms with Gasteiger partial charge in [0.05, 0.1) is 0 Å². The number of hydrogen-bond acceptors (Lipinski definition) is 0. The molecule has 0 aromatic heterocycles. The zero-order valence-electron chi connectivity index (χ0n) is 11.2. The first kappa shape index (κ1) is 16.3. The van der Waals surface area contributed by atoms with E-state index in [1.165, 1.54) is 11.1 Å². The molecule has 0 heterocycles. The van der Waals surface area contributed by atoms with Crippen LogP contribution >= 0.6 is 17.0 Å². The van der Waals surface area contributed by atoms with Gasteiger partial charge in [-0.05, 0) is 11.1 Å². The molecule has 104 valence electrons. The van der Waals surface area contributed by atoms with Crippen LogP contribution in [-0.4, -0.2) is 0 Å². The predicted molar refractivity (Wildman–Crippen MR) is 85.2 cm³/mol. The van der Waals surface area contributed by atoms with Gasteiger partial charge in [-0.15, -0.1) is 0 Å². The van der Waals surface area contributed by atoms with E-state index >= 15 is 0 Å². The molecule has 0 radical (unpaired) electrons. The number of hydrogen-bond donors (Lipinski definition) is 0. The number of benzene rings is 1. The summed E-state index contributed by atoms with van der Waals surface area (Å²) < 4.78 is 0. The van der Waals surface area contributed by atoms with Crippen molar-refractivity contribution >= 4 is 23.1 Å². The minimum absolute atomic E-state index is 0.158. The summed E-state index contributed by atoms with van der Waals surface area (Å²) in [5.41, 5.74) is 2.98. The molecular formula is C17H17Cl2Zr-. The van der Waals surface area contributed by atoms with Gasteiger partial charge in [-0.3, -0.25) is 0 Å². The van der Waals surface area contributed by atoms with E-state index in [4.69, 9.17) is 17.0 Å². The Kier molecular flexibility index (Phi) is 6.33. The van der Waals surface area contributed by atoms with Gasteiger partial charge in [0.15, 0.2) is 0 Å². The van der Waals surface area contributed by atoms with Crippen molar-refractivity contribution in [2.75, 3.05) is 0 Å². The fourth-order valence-corrected chi connectivity index (χ4v) is 3.08. The van der Waals surface area contributed by atoms with E-state index in [0.717, 1.165) is 12.8 Å². The fraction of sp³-hybridized carbons (Fsp3) is 0.235. The zero-order valence-corrected chi connectivity index (χ0v) is 15.2. The van der Waals surface area contributed by atoms with Gasteiger partial charge in [0.25, 0.3) is 0 Å². The number of allylic oxidation sites excluding steroid dienone is 5. The van der Waals surface area contributed by atoms with E-state index in [1.54, 1.807) is 0 Å². The minimum atomic E-state index is -0.826. The van der Waals surface area contributed by atoms with Gasteiger partial charge in [-0.1, -0.05) is 67.1 Å². The molecule has 0 amide bonds. The van der Waals surface area contributed by atoms with Crippen LogP contribution in [0.5, 0.6) is 0 Å².